The minimum atomic E-state index is -1.09. The van der Waals surface area contributed by atoms with Crippen molar-refractivity contribution in [2.24, 2.45) is 0 Å². The zero-order chi connectivity index (χ0) is 41.6. The van der Waals surface area contributed by atoms with Gasteiger partial charge in [0.15, 0.2) is 0 Å². The molecule has 1 aromatic heterocycles. The van der Waals surface area contributed by atoms with Crippen LogP contribution in [0, 0.1) is 0 Å². The fourth-order valence-corrected chi connectivity index (χ4v) is 7.34. The first kappa shape index (κ1) is 43.9. The minimum absolute atomic E-state index is 0.0302. The molecule has 7 N–H and O–H groups in total. The normalized spacial score (nSPS) is 20.2. The van der Waals surface area contributed by atoms with E-state index in [1.165, 1.54) is 0 Å². The second kappa shape index (κ2) is 21.5. The standard InChI is InChI=1S/C36H54N12O10/c49-29(50)21-42-9-10-43(22-30(51)52)15-18-48(25-33(57)58)28(20-45(12-11-42)24-32(55)56)19-26-1-3-27(4-2-26)38-34-39-35(46-7-5-37-6-8-46)41-36(40-34)47-16-13-44(14-17-47)23-31(53)54/h1-4,28,37H,5-25H2,(H,49,50)(H,51,52)(H,53,54)(H,55,56)(H,57,58)(H,38,39,40,41). The molecule has 3 aliphatic rings. The van der Waals surface area contributed by atoms with Gasteiger partial charge in [-0.3, -0.25) is 48.5 Å². The molecule has 1 aromatic carbocycles. The predicted octanol–water partition coefficient (Wildman–Crippen LogP) is -2.30. The number of hydrogen-bond acceptors (Lipinski definition) is 17. The van der Waals surface area contributed by atoms with Crippen LogP contribution in [0.1, 0.15) is 5.56 Å². The number of carboxylic acid groups (broad SMARTS) is 5. The van der Waals surface area contributed by atoms with Crippen molar-refractivity contribution in [2.45, 2.75) is 12.5 Å². The quantitative estimate of drug-likeness (QED) is 0.0939. The molecule has 1 atom stereocenters. The molecular weight excluding hydrogens is 760 g/mol. The van der Waals surface area contributed by atoms with Crippen molar-refractivity contribution in [1.82, 2.24) is 44.8 Å². The van der Waals surface area contributed by atoms with Gasteiger partial charge < -0.3 is 46.0 Å². The highest BCUT2D eigenvalue weighted by Crippen LogP contribution is 2.23. The molecule has 3 aliphatic heterocycles. The molecule has 3 fully saturated rings. The van der Waals surface area contributed by atoms with E-state index < -0.39 is 35.9 Å². The molecule has 0 aliphatic carbocycles. The molecule has 318 valence electrons. The van der Waals surface area contributed by atoms with Gasteiger partial charge in [0.2, 0.25) is 17.8 Å². The Hall–Kier alpha value is -5.26. The summed E-state index contributed by atoms with van der Waals surface area (Å²) in [5.41, 5.74) is 1.51. The maximum absolute atomic E-state index is 12.1. The van der Waals surface area contributed by atoms with Gasteiger partial charge in [-0.1, -0.05) is 12.1 Å². The summed E-state index contributed by atoms with van der Waals surface area (Å²) in [4.78, 5) is 85.7. The summed E-state index contributed by atoms with van der Waals surface area (Å²) in [5.74, 6) is -3.82. The third kappa shape index (κ3) is 14.3. The zero-order valence-corrected chi connectivity index (χ0v) is 32.5. The van der Waals surface area contributed by atoms with Crippen LogP contribution in [0.5, 0.6) is 0 Å². The molecule has 3 saturated heterocycles. The molecule has 0 bridgehead atoms. The molecule has 22 nitrogen and oxygen atoms in total. The molecule has 1 unspecified atom stereocenters. The van der Waals surface area contributed by atoms with Gasteiger partial charge in [-0.15, -0.1) is 0 Å². The fraction of sp³-hybridized carbons (Fsp3) is 0.611. The Morgan fingerprint density at radius 2 is 0.983 bits per heavy atom. The van der Waals surface area contributed by atoms with Crippen LogP contribution in [0.15, 0.2) is 24.3 Å². The first-order valence-electron chi connectivity index (χ1n) is 19.3. The molecule has 4 heterocycles. The number of aliphatic carboxylic acids is 5. The molecule has 0 radical (unpaired) electrons. The summed E-state index contributed by atoms with van der Waals surface area (Å²) in [6.45, 7) is 5.24. The molecule has 2 aromatic rings. The van der Waals surface area contributed by atoms with Crippen molar-refractivity contribution < 1.29 is 49.5 Å². The van der Waals surface area contributed by atoms with Crippen molar-refractivity contribution in [2.75, 3.05) is 146 Å². The van der Waals surface area contributed by atoms with Gasteiger partial charge in [0.05, 0.1) is 32.7 Å². The van der Waals surface area contributed by atoms with Gasteiger partial charge in [-0.25, -0.2) is 0 Å². The van der Waals surface area contributed by atoms with Gasteiger partial charge in [-0.05, 0) is 24.1 Å². The van der Waals surface area contributed by atoms with Gasteiger partial charge in [0, 0.05) is 110 Å². The Morgan fingerprint density at radius 1 is 0.552 bits per heavy atom. The summed E-state index contributed by atoms with van der Waals surface area (Å²) in [6.07, 6.45) is 0.332. The lowest BCUT2D eigenvalue weighted by Gasteiger charge is -2.37. The summed E-state index contributed by atoms with van der Waals surface area (Å²) in [7, 11) is 0. The lowest BCUT2D eigenvalue weighted by atomic mass is 10.0. The topological polar surface area (TPSA) is 272 Å². The number of piperazine rings is 2. The van der Waals surface area contributed by atoms with Crippen LogP contribution >= 0.6 is 0 Å². The Bertz CT molecular complexity index is 1710. The maximum Gasteiger partial charge on any atom is 0.317 e. The summed E-state index contributed by atoms with van der Waals surface area (Å²) >= 11 is 0. The van der Waals surface area contributed by atoms with Crippen molar-refractivity contribution >= 4 is 53.4 Å². The SMILES string of the molecule is O=C(O)CN1CCN(CC(=O)O)CCN(CC(=O)O)C(Cc2ccc(Nc3nc(N4CCNCC4)nc(N4CCN(CC(=O)O)CC4)n3)cc2)CN(CC(=O)O)CC1. The smallest absolute Gasteiger partial charge is 0.317 e. The van der Waals surface area contributed by atoms with Gasteiger partial charge >= 0.3 is 29.8 Å². The van der Waals surface area contributed by atoms with Crippen molar-refractivity contribution in [3.8, 4) is 0 Å². The highest BCUT2D eigenvalue weighted by molar-refractivity contribution is 5.71. The monoisotopic (exact) mass is 814 g/mol. The molecule has 0 spiro atoms. The largest absolute Gasteiger partial charge is 0.480 e. The third-order valence-electron chi connectivity index (χ3n) is 10.3. The molecule has 58 heavy (non-hydrogen) atoms. The number of carbonyl (C=O) groups is 5. The van der Waals surface area contributed by atoms with Crippen LogP contribution in [0.4, 0.5) is 23.5 Å². The number of aromatic nitrogens is 3. The highest BCUT2D eigenvalue weighted by Gasteiger charge is 2.28. The van der Waals surface area contributed by atoms with E-state index >= 15 is 0 Å². The number of anilines is 4. The summed E-state index contributed by atoms with van der Waals surface area (Å²) in [6, 6.07) is 6.95. The van der Waals surface area contributed by atoms with Crippen LogP contribution in [0.2, 0.25) is 0 Å². The summed E-state index contributed by atoms with van der Waals surface area (Å²) in [5, 5.41) is 54.6. The van der Waals surface area contributed by atoms with E-state index in [2.05, 4.69) is 15.5 Å². The zero-order valence-electron chi connectivity index (χ0n) is 32.5. The lowest BCUT2D eigenvalue weighted by molar-refractivity contribution is -0.142. The van der Waals surface area contributed by atoms with E-state index in [0.717, 1.165) is 18.7 Å². The van der Waals surface area contributed by atoms with Crippen LogP contribution in [-0.2, 0) is 30.4 Å². The van der Waals surface area contributed by atoms with Crippen LogP contribution in [0.25, 0.3) is 0 Å². The van der Waals surface area contributed by atoms with E-state index in [9.17, 15) is 49.5 Å². The van der Waals surface area contributed by atoms with Crippen LogP contribution in [0.3, 0.4) is 0 Å². The van der Waals surface area contributed by atoms with E-state index in [1.54, 1.807) is 19.6 Å². The van der Waals surface area contributed by atoms with Gasteiger partial charge in [0.25, 0.3) is 0 Å². The average molecular weight is 815 g/mol. The molecule has 5 rings (SSSR count). The average Bonchev–Trinajstić information content (AvgIpc) is 3.16. The Labute approximate surface area is 335 Å². The number of nitrogens with zero attached hydrogens (tertiary/aromatic N) is 10. The van der Waals surface area contributed by atoms with Crippen LogP contribution < -0.4 is 20.4 Å². The predicted molar refractivity (Wildman–Crippen MR) is 210 cm³/mol. The molecule has 0 saturated carbocycles. The van der Waals surface area contributed by atoms with E-state index in [4.69, 9.17) is 15.0 Å². The number of benzene rings is 1. The van der Waals surface area contributed by atoms with Crippen molar-refractivity contribution in [3.05, 3.63) is 29.8 Å². The van der Waals surface area contributed by atoms with Gasteiger partial charge in [0.1, 0.15) is 0 Å². The second-order valence-corrected chi connectivity index (χ2v) is 14.7. The van der Waals surface area contributed by atoms with E-state index in [-0.39, 0.29) is 78.5 Å². The summed E-state index contributed by atoms with van der Waals surface area (Å²) < 4.78 is 0. The van der Waals surface area contributed by atoms with Crippen molar-refractivity contribution in [3.63, 3.8) is 0 Å². The second-order valence-electron chi connectivity index (χ2n) is 14.7. The minimum Gasteiger partial charge on any atom is -0.480 e. The first-order valence-corrected chi connectivity index (χ1v) is 19.3. The Balaban J connectivity index is 1.37. The first-order chi connectivity index (χ1) is 27.8. The lowest BCUT2D eigenvalue weighted by Crippen LogP contribution is -2.53. The Morgan fingerprint density at radius 3 is 1.48 bits per heavy atom. The van der Waals surface area contributed by atoms with Crippen LogP contribution in [-0.4, -0.2) is 232 Å². The highest BCUT2D eigenvalue weighted by atomic mass is 16.4. The molecule has 22 heteroatoms. The van der Waals surface area contributed by atoms with E-state index in [0.29, 0.717) is 69.2 Å². The molecule has 0 amide bonds. The fourth-order valence-electron chi connectivity index (χ4n) is 7.34. The van der Waals surface area contributed by atoms with Gasteiger partial charge in [-0.2, -0.15) is 15.0 Å². The number of rotatable bonds is 16. The number of carboxylic acids is 5. The van der Waals surface area contributed by atoms with Crippen molar-refractivity contribution in [1.29, 1.82) is 0 Å². The number of hydrogen-bond donors (Lipinski definition) is 7. The van der Waals surface area contributed by atoms with E-state index in [1.807, 2.05) is 34.1 Å². The third-order valence-corrected chi connectivity index (χ3v) is 10.3. The molecular formula is C36H54N12O10. The number of nitrogens with one attached hydrogen (secondary N) is 2. The Kier molecular flexibility index (Phi) is 16.2. The maximum atomic E-state index is 12.1.